The van der Waals surface area contributed by atoms with Gasteiger partial charge in [0.15, 0.2) is 0 Å². The minimum Gasteiger partial charge on any atom is -0.351 e. The molecule has 0 radical (unpaired) electrons. The second kappa shape index (κ2) is 3.70. The maximum absolute atomic E-state index is 5.42. The summed E-state index contributed by atoms with van der Waals surface area (Å²) in [7, 11) is 0. The molecule has 4 nitrogen and oxygen atoms in total. The molecule has 70 valence electrons. The minimum absolute atomic E-state index is 0.611. The van der Waals surface area contributed by atoms with Crippen molar-refractivity contribution >= 4 is 5.95 Å². The summed E-state index contributed by atoms with van der Waals surface area (Å²) in [5, 5.41) is 3.23. The van der Waals surface area contributed by atoms with Gasteiger partial charge in [-0.05, 0) is 31.4 Å². The predicted octanol–water partition coefficient (Wildman–Crippen LogP) is 0.552. The second-order valence-electron chi connectivity index (χ2n) is 3.37. The van der Waals surface area contributed by atoms with Gasteiger partial charge in [0, 0.05) is 18.4 Å². The molecule has 1 fully saturated rings. The van der Waals surface area contributed by atoms with Crippen LogP contribution in [-0.4, -0.2) is 22.6 Å². The lowest BCUT2D eigenvalue weighted by Crippen LogP contribution is -2.07. The number of hydrogen-bond acceptors (Lipinski definition) is 4. The van der Waals surface area contributed by atoms with E-state index < -0.39 is 0 Å². The lowest BCUT2D eigenvalue weighted by molar-refractivity contribution is 0.936. The van der Waals surface area contributed by atoms with Crippen LogP contribution in [0.5, 0.6) is 0 Å². The van der Waals surface area contributed by atoms with Crippen LogP contribution in [-0.2, 0) is 6.42 Å². The van der Waals surface area contributed by atoms with E-state index in [1.54, 1.807) is 0 Å². The summed E-state index contributed by atoms with van der Waals surface area (Å²) in [4.78, 5) is 8.40. The fourth-order valence-electron chi connectivity index (χ4n) is 1.14. The van der Waals surface area contributed by atoms with E-state index in [-0.39, 0.29) is 0 Å². The highest BCUT2D eigenvalue weighted by Gasteiger charge is 2.21. The third kappa shape index (κ3) is 2.39. The summed E-state index contributed by atoms with van der Waals surface area (Å²) in [6.07, 6.45) is 7.01. The summed E-state index contributed by atoms with van der Waals surface area (Å²) in [6.45, 7) is 0.652. The molecule has 0 atom stereocenters. The Morgan fingerprint density at radius 1 is 1.38 bits per heavy atom. The predicted molar refractivity (Wildman–Crippen MR) is 51.4 cm³/mol. The zero-order valence-corrected chi connectivity index (χ0v) is 7.53. The van der Waals surface area contributed by atoms with Crippen LogP contribution >= 0.6 is 0 Å². The van der Waals surface area contributed by atoms with Crippen LogP contribution in [0.1, 0.15) is 18.4 Å². The van der Waals surface area contributed by atoms with Crippen molar-refractivity contribution in [2.45, 2.75) is 25.3 Å². The molecular formula is C9H14N4. The molecule has 1 aliphatic carbocycles. The molecule has 2 rings (SSSR count). The Kier molecular flexibility index (Phi) is 2.40. The molecule has 3 N–H and O–H groups in total. The number of aromatic nitrogens is 2. The number of rotatable bonds is 4. The van der Waals surface area contributed by atoms with Crippen LogP contribution in [0, 0.1) is 0 Å². The van der Waals surface area contributed by atoms with E-state index in [9.17, 15) is 0 Å². The van der Waals surface area contributed by atoms with Crippen LogP contribution < -0.4 is 11.1 Å². The van der Waals surface area contributed by atoms with Gasteiger partial charge in [-0.2, -0.15) is 0 Å². The first-order valence-electron chi connectivity index (χ1n) is 4.66. The van der Waals surface area contributed by atoms with Crippen LogP contribution in [0.2, 0.25) is 0 Å². The van der Waals surface area contributed by atoms with Crippen molar-refractivity contribution in [2.24, 2.45) is 5.73 Å². The number of nitrogens with zero attached hydrogens (tertiary/aromatic N) is 2. The van der Waals surface area contributed by atoms with Crippen molar-refractivity contribution in [3.63, 3.8) is 0 Å². The normalized spacial score (nSPS) is 15.8. The standard InChI is InChI=1S/C9H14N4/c10-4-3-7-5-11-9(12-6-7)13-8-1-2-8/h5-6,8H,1-4,10H2,(H,11,12,13). The van der Waals surface area contributed by atoms with Gasteiger partial charge in [-0.15, -0.1) is 0 Å². The van der Waals surface area contributed by atoms with Gasteiger partial charge in [0.25, 0.3) is 0 Å². The second-order valence-corrected chi connectivity index (χ2v) is 3.37. The van der Waals surface area contributed by atoms with Gasteiger partial charge in [0.2, 0.25) is 5.95 Å². The highest BCUT2D eigenvalue weighted by molar-refractivity contribution is 5.28. The van der Waals surface area contributed by atoms with Crippen LogP contribution in [0.15, 0.2) is 12.4 Å². The highest BCUT2D eigenvalue weighted by Crippen LogP contribution is 2.22. The topological polar surface area (TPSA) is 63.8 Å². The maximum atomic E-state index is 5.42. The monoisotopic (exact) mass is 178 g/mol. The van der Waals surface area contributed by atoms with Gasteiger partial charge in [0.1, 0.15) is 0 Å². The van der Waals surface area contributed by atoms with Gasteiger partial charge >= 0.3 is 0 Å². The number of anilines is 1. The van der Waals surface area contributed by atoms with E-state index in [1.807, 2.05) is 12.4 Å². The Morgan fingerprint density at radius 3 is 2.62 bits per heavy atom. The van der Waals surface area contributed by atoms with E-state index in [0.717, 1.165) is 17.9 Å². The van der Waals surface area contributed by atoms with E-state index in [4.69, 9.17) is 5.73 Å². The zero-order chi connectivity index (χ0) is 9.10. The van der Waals surface area contributed by atoms with Crippen molar-refractivity contribution in [3.05, 3.63) is 18.0 Å². The Hall–Kier alpha value is -1.16. The molecule has 0 amide bonds. The zero-order valence-electron chi connectivity index (χ0n) is 7.53. The molecule has 0 spiro atoms. The van der Waals surface area contributed by atoms with Crippen molar-refractivity contribution in [1.82, 2.24) is 9.97 Å². The fraction of sp³-hybridized carbons (Fsp3) is 0.556. The first-order chi connectivity index (χ1) is 6.38. The Balaban J connectivity index is 1.95. The van der Waals surface area contributed by atoms with Gasteiger partial charge in [-0.1, -0.05) is 0 Å². The summed E-state index contributed by atoms with van der Waals surface area (Å²) < 4.78 is 0. The largest absolute Gasteiger partial charge is 0.351 e. The lowest BCUT2D eigenvalue weighted by Gasteiger charge is -2.02. The summed E-state index contributed by atoms with van der Waals surface area (Å²) in [5.74, 6) is 0.739. The molecular weight excluding hydrogens is 164 g/mol. The Bertz CT molecular complexity index is 265. The van der Waals surface area contributed by atoms with Gasteiger partial charge in [-0.3, -0.25) is 0 Å². The number of nitrogens with one attached hydrogen (secondary N) is 1. The SMILES string of the molecule is NCCc1cnc(NC2CC2)nc1. The van der Waals surface area contributed by atoms with Crippen molar-refractivity contribution in [3.8, 4) is 0 Å². The molecule has 1 aliphatic rings. The molecule has 1 saturated carbocycles. The lowest BCUT2D eigenvalue weighted by atomic mass is 10.2. The van der Waals surface area contributed by atoms with Crippen LogP contribution in [0.25, 0.3) is 0 Å². The third-order valence-electron chi connectivity index (χ3n) is 2.05. The Labute approximate surface area is 77.6 Å². The molecule has 4 heteroatoms. The van der Waals surface area contributed by atoms with Crippen molar-refractivity contribution < 1.29 is 0 Å². The molecule has 1 aromatic heterocycles. The Morgan fingerprint density at radius 2 is 2.08 bits per heavy atom. The smallest absolute Gasteiger partial charge is 0.222 e. The van der Waals surface area contributed by atoms with Crippen molar-refractivity contribution in [1.29, 1.82) is 0 Å². The van der Waals surface area contributed by atoms with Crippen LogP contribution in [0.4, 0.5) is 5.95 Å². The average molecular weight is 178 g/mol. The average Bonchev–Trinajstić information content (AvgIpc) is 2.93. The van der Waals surface area contributed by atoms with E-state index in [1.165, 1.54) is 12.8 Å². The van der Waals surface area contributed by atoms with Crippen molar-refractivity contribution in [2.75, 3.05) is 11.9 Å². The summed E-state index contributed by atoms with van der Waals surface area (Å²) in [6, 6.07) is 0.611. The number of nitrogens with two attached hydrogens (primary N) is 1. The first kappa shape index (κ1) is 8.44. The molecule has 0 bridgehead atoms. The van der Waals surface area contributed by atoms with E-state index >= 15 is 0 Å². The summed E-state index contributed by atoms with van der Waals surface area (Å²) >= 11 is 0. The fourth-order valence-corrected chi connectivity index (χ4v) is 1.14. The molecule has 13 heavy (non-hydrogen) atoms. The van der Waals surface area contributed by atoms with Crippen LogP contribution in [0.3, 0.4) is 0 Å². The quantitative estimate of drug-likeness (QED) is 0.706. The van der Waals surface area contributed by atoms with Gasteiger partial charge in [0.05, 0.1) is 0 Å². The first-order valence-corrected chi connectivity index (χ1v) is 4.66. The third-order valence-corrected chi connectivity index (χ3v) is 2.05. The van der Waals surface area contributed by atoms with Gasteiger partial charge in [-0.25, -0.2) is 9.97 Å². The van der Waals surface area contributed by atoms with E-state index in [2.05, 4.69) is 15.3 Å². The molecule has 1 heterocycles. The summed E-state index contributed by atoms with van der Waals surface area (Å²) in [5.41, 5.74) is 6.52. The highest BCUT2D eigenvalue weighted by atomic mass is 15.1. The molecule has 1 aromatic rings. The van der Waals surface area contributed by atoms with Gasteiger partial charge < -0.3 is 11.1 Å². The molecule has 0 unspecified atom stereocenters. The molecule has 0 aliphatic heterocycles. The molecule has 0 saturated heterocycles. The van der Waals surface area contributed by atoms with E-state index in [0.29, 0.717) is 12.6 Å². The minimum atomic E-state index is 0.611. The maximum Gasteiger partial charge on any atom is 0.222 e. The molecule has 0 aromatic carbocycles. The number of hydrogen-bond donors (Lipinski definition) is 2.